The summed E-state index contributed by atoms with van der Waals surface area (Å²) in [5.74, 6) is -9.96. The molecule has 4 saturated heterocycles. The van der Waals surface area contributed by atoms with Crippen molar-refractivity contribution < 1.29 is 128 Å². The number of aliphatic hydroxyl groups is 13. The Morgan fingerprint density at radius 3 is 1.84 bits per heavy atom. The first kappa shape index (κ1) is 75.2. The van der Waals surface area contributed by atoms with Crippen molar-refractivity contribution in [3.8, 4) is 5.75 Å². The summed E-state index contributed by atoms with van der Waals surface area (Å²) in [6.45, 7) is -0.490. The first-order chi connectivity index (χ1) is 46.1. The van der Waals surface area contributed by atoms with Crippen LogP contribution in [0.2, 0.25) is 0 Å². The van der Waals surface area contributed by atoms with Crippen LogP contribution >= 0.6 is 0 Å². The Labute approximate surface area is 553 Å². The number of carbonyl (C=O) groups excluding carboxylic acids is 7. The summed E-state index contributed by atoms with van der Waals surface area (Å²) in [7, 11) is 0. The van der Waals surface area contributed by atoms with Gasteiger partial charge >= 0.3 is 5.97 Å². The van der Waals surface area contributed by atoms with Crippen LogP contribution < -0.4 is 53.4 Å². The number of guanidine groups is 2. The van der Waals surface area contributed by atoms with Crippen LogP contribution in [0.25, 0.3) is 0 Å². The van der Waals surface area contributed by atoms with Crippen LogP contribution in [0.15, 0.2) is 64.6 Å². The maximum atomic E-state index is 15.2. The molecule has 538 valence electrons. The van der Waals surface area contributed by atoms with E-state index in [1.54, 1.807) is 51.1 Å². The minimum Gasteiger partial charge on any atom is -0.462 e. The van der Waals surface area contributed by atoms with Crippen molar-refractivity contribution in [2.75, 3.05) is 46.1 Å². The van der Waals surface area contributed by atoms with E-state index in [9.17, 15) is 90.4 Å². The minimum absolute atomic E-state index is 0.0604. The summed E-state index contributed by atoms with van der Waals surface area (Å²) in [6, 6.07) is 0.648. The zero-order valence-electron chi connectivity index (χ0n) is 52.7. The lowest BCUT2D eigenvalue weighted by Crippen LogP contribution is -2.70. The fraction of sp³-hybridized carbons (Fsp3) is 0.644. The monoisotopic (exact) mass is 1380 g/mol. The fourth-order valence-corrected chi connectivity index (χ4v) is 11.9. The summed E-state index contributed by atoms with van der Waals surface area (Å²) in [6.07, 6.45) is -31.9. The predicted octanol–water partition coefficient (Wildman–Crippen LogP) is -12.0. The van der Waals surface area contributed by atoms with Crippen molar-refractivity contribution in [3.05, 3.63) is 65.7 Å². The number of nitrogens with one attached hydrogen (secondary N) is 7. The molecule has 2 aromatic rings. The molecule has 0 unspecified atom stereocenters. The zero-order valence-corrected chi connectivity index (χ0v) is 52.7. The lowest BCUT2D eigenvalue weighted by Gasteiger charge is -2.46. The molecule has 6 heterocycles. The van der Waals surface area contributed by atoms with Crippen molar-refractivity contribution in [2.45, 2.75) is 186 Å². The molecule has 4 fully saturated rings. The molecule has 25 atom stereocenters. The Bertz CT molecular complexity index is 3100. The number of aliphatic imine (C=N–C) groups is 2. The van der Waals surface area contributed by atoms with E-state index < -0.39 is 246 Å². The highest BCUT2D eigenvalue weighted by Crippen LogP contribution is 2.33. The average molecular weight is 1380 g/mol. The average Bonchev–Trinajstić information content (AvgIpc) is 1.74. The van der Waals surface area contributed by atoms with Gasteiger partial charge in [-0.1, -0.05) is 63.2 Å². The van der Waals surface area contributed by atoms with Gasteiger partial charge in [-0.05, 0) is 29.2 Å². The van der Waals surface area contributed by atoms with Gasteiger partial charge in [0.15, 0.2) is 30.5 Å². The first-order valence-electron chi connectivity index (χ1n) is 31.2. The van der Waals surface area contributed by atoms with E-state index in [0.29, 0.717) is 5.56 Å². The Hall–Kier alpha value is -7.61. The normalized spacial score (nSPS) is 35.9. The summed E-state index contributed by atoms with van der Waals surface area (Å²) >= 11 is 0. The number of benzene rings is 2. The molecule has 0 saturated carbocycles. The maximum absolute atomic E-state index is 15.2. The molecule has 0 radical (unpaired) electrons. The molecular formula is C59H86N12O26. The van der Waals surface area contributed by atoms with Gasteiger partial charge in [0, 0.05) is 25.3 Å². The fourth-order valence-electron chi connectivity index (χ4n) is 11.9. The molecule has 97 heavy (non-hydrogen) atoms. The summed E-state index contributed by atoms with van der Waals surface area (Å²) < 4.78 is 34.1. The number of aliphatic hydroxyl groups excluding tert-OH is 13. The summed E-state index contributed by atoms with van der Waals surface area (Å²) in [4.78, 5) is 109. The third kappa shape index (κ3) is 17.6. The first-order valence-corrected chi connectivity index (χ1v) is 31.2. The maximum Gasteiger partial charge on any atom is 0.306 e. The van der Waals surface area contributed by atoms with Gasteiger partial charge in [-0.25, -0.2) is 4.99 Å². The van der Waals surface area contributed by atoms with Gasteiger partial charge in [-0.2, -0.15) is 0 Å². The quantitative estimate of drug-likeness (QED) is 0.0547. The molecule has 38 nitrogen and oxygen atoms in total. The number of nitrogens with two attached hydrogens (primary N) is 2. The molecular weight excluding hydrogens is 1290 g/mol. The van der Waals surface area contributed by atoms with E-state index in [2.05, 4.69) is 47.2 Å². The Morgan fingerprint density at radius 1 is 0.619 bits per heavy atom. The second kappa shape index (κ2) is 33.3. The molecule has 0 aliphatic carbocycles. The van der Waals surface area contributed by atoms with Crippen molar-refractivity contribution >= 4 is 53.3 Å². The minimum atomic E-state index is -2.36. The second-order valence-electron chi connectivity index (χ2n) is 24.6. The molecule has 2 aromatic carbocycles. The number of amides is 6. The highest BCUT2D eigenvalue weighted by atomic mass is 16.7. The molecule has 6 aliphatic heterocycles. The van der Waals surface area contributed by atoms with Crippen LogP contribution in [-0.4, -0.2) is 317 Å². The number of hydrogen-bond acceptors (Lipinski definition) is 32. The van der Waals surface area contributed by atoms with Crippen molar-refractivity contribution in [2.24, 2.45) is 27.4 Å². The van der Waals surface area contributed by atoms with Crippen molar-refractivity contribution in [3.63, 3.8) is 0 Å². The van der Waals surface area contributed by atoms with Crippen molar-refractivity contribution in [1.82, 2.24) is 42.1 Å². The predicted molar refractivity (Wildman–Crippen MR) is 326 cm³/mol. The van der Waals surface area contributed by atoms with Crippen LogP contribution in [0.4, 0.5) is 0 Å². The molecule has 0 spiro atoms. The van der Waals surface area contributed by atoms with Gasteiger partial charge in [0.25, 0.3) is 0 Å². The molecule has 0 aromatic heterocycles. The van der Waals surface area contributed by atoms with Gasteiger partial charge in [0.2, 0.25) is 41.7 Å². The highest BCUT2D eigenvalue weighted by Gasteiger charge is 2.55. The largest absolute Gasteiger partial charge is 0.462 e. The molecule has 0 bridgehead atoms. The Kier molecular flexibility index (Phi) is 25.8. The van der Waals surface area contributed by atoms with E-state index >= 15 is 9.59 Å². The molecule has 8 rings (SSSR count). The highest BCUT2D eigenvalue weighted by molar-refractivity contribution is 5.98. The molecule has 6 aliphatic rings. The SMILES string of the molecule is CC(C)CC(=O)O[C@H]1[C@H](O)[C@H](O)[C@@H](O[C@H]2[C@H](O)[C@H](O)[C@@H](Oc3ccc(C[C@H]4NC(=O)[C@H]([C@@H](C)c5ccccc5)NC(=O)CNC(=O)[C@H](CO)NC(=O)[C@@H]([C@@H](O)[C@@H]5CN=C(N)N5[C@H]5O[C@H](CO)[C@@H](O)[C@H](O)[C@@H]5O)NC(=O)[C@H]([C@@H](O)[C@@H]5CNC(N)=N5)NC4=O)cc3)O[C@@H]2CO)O[C@@H]1CO. The van der Waals surface area contributed by atoms with Crippen molar-refractivity contribution in [1.29, 1.82) is 0 Å². The third-order valence-electron chi connectivity index (χ3n) is 17.3. The Balaban J connectivity index is 1.08. The van der Waals surface area contributed by atoms with E-state index in [-0.39, 0.29) is 36.2 Å². The van der Waals surface area contributed by atoms with Gasteiger partial charge in [0.1, 0.15) is 115 Å². The van der Waals surface area contributed by atoms with E-state index in [1.807, 2.05) is 0 Å². The van der Waals surface area contributed by atoms with Crippen LogP contribution in [0.5, 0.6) is 5.75 Å². The summed E-state index contributed by atoms with van der Waals surface area (Å²) in [5.41, 5.74) is 12.8. The smallest absolute Gasteiger partial charge is 0.306 e. The van der Waals surface area contributed by atoms with Crippen LogP contribution in [0.1, 0.15) is 44.2 Å². The van der Waals surface area contributed by atoms with Gasteiger partial charge in [0.05, 0.1) is 51.6 Å². The van der Waals surface area contributed by atoms with Crippen LogP contribution in [0, 0.1) is 5.92 Å². The lowest BCUT2D eigenvalue weighted by atomic mass is 9.92. The summed E-state index contributed by atoms with van der Waals surface area (Å²) in [5, 5.41) is 160. The van der Waals surface area contributed by atoms with E-state index in [0.717, 1.165) is 4.90 Å². The number of rotatable bonds is 20. The molecule has 6 amide bonds. The van der Waals surface area contributed by atoms with Crippen LogP contribution in [0.3, 0.4) is 0 Å². The third-order valence-corrected chi connectivity index (χ3v) is 17.3. The lowest BCUT2D eigenvalue weighted by molar-refractivity contribution is -0.353. The topological polar surface area (TPSA) is 602 Å². The number of hydrogen-bond donors (Lipinski definition) is 22. The molecule has 24 N–H and O–H groups in total. The number of carbonyl (C=O) groups is 7. The van der Waals surface area contributed by atoms with E-state index in [1.165, 1.54) is 24.3 Å². The second-order valence-corrected chi connectivity index (χ2v) is 24.6. The van der Waals surface area contributed by atoms with E-state index in [4.69, 9.17) is 39.9 Å². The number of nitrogens with zero attached hydrogens (tertiary/aromatic N) is 3. The van der Waals surface area contributed by atoms with Crippen LogP contribution in [-0.2, 0) is 63.7 Å². The zero-order chi connectivity index (χ0) is 70.9. The molecule has 38 heteroatoms. The number of esters is 1. The van der Waals surface area contributed by atoms with Gasteiger partial charge in [-0.3, -0.25) is 38.6 Å². The standard InChI is InChI=1S/C59H86N12O26/c1-22(2)13-35(77)96-48-32(20-74)95-57(47(86)43(48)82)97-49-33(21-75)94-56(46(85)44(49)83)92-26-11-9-24(10-12-26)14-27-51(88)69-37(39(78)28-15-63-58(60)67-28)54(91)70-38(40(79)30-16-64-59(61)71(30)55-45(84)42(81)41(80)31(19-73)93-55)53(90)66-29(18-72)50(87)62-17-34(76)68-36(52(89)65-27)23(3)25-7-5-4-6-8-25/h4-12,22-23,27-33,36-49,55-57,72-75,78-86H,13-21H2,1-3H3,(H2,61,64)(H,62,87)(H,65,89)(H,66,90)(H,68,76)(H,69,88)(H,70,91)(H3,60,63,67)/t23-,27+,28-,29-,30-,31+,32+,33+,36-,37-,38+,39-,40-,41+,42-,43+,44+,45-,46-,47-,48+,49+,55-,56-,57+/m0/s1. The number of ether oxygens (including phenoxy) is 6. The van der Waals surface area contributed by atoms with Gasteiger partial charge in [-0.15, -0.1) is 0 Å². The Morgan fingerprint density at radius 2 is 1.21 bits per heavy atom. The van der Waals surface area contributed by atoms with Gasteiger partial charge < -0.3 is 148 Å².